The maximum Gasteiger partial charge on any atom is 0.166 e. The van der Waals surface area contributed by atoms with E-state index in [0.717, 1.165) is 17.4 Å². The summed E-state index contributed by atoms with van der Waals surface area (Å²) in [7, 11) is 0. The molecule has 2 atom stereocenters. The molecule has 1 saturated carbocycles. The first-order chi connectivity index (χ1) is 9.68. The van der Waals surface area contributed by atoms with Gasteiger partial charge in [-0.1, -0.05) is 62.6 Å². The molecule has 0 amide bonds. The molecule has 2 aromatic carbocycles. The summed E-state index contributed by atoms with van der Waals surface area (Å²) >= 11 is 0. The van der Waals surface area contributed by atoms with Gasteiger partial charge >= 0.3 is 0 Å². The van der Waals surface area contributed by atoms with Crippen molar-refractivity contribution >= 4 is 16.6 Å². The number of rotatable bonds is 2. The maximum absolute atomic E-state index is 12.9. The van der Waals surface area contributed by atoms with Gasteiger partial charge in [0.2, 0.25) is 0 Å². The lowest BCUT2D eigenvalue weighted by Gasteiger charge is -2.28. The molecule has 104 valence electrons. The second kappa shape index (κ2) is 5.40. The van der Waals surface area contributed by atoms with Gasteiger partial charge in [-0.3, -0.25) is 4.79 Å². The van der Waals surface area contributed by atoms with E-state index >= 15 is 0 Å². The number of aryl methyl sites for hydroxylation is 1. The smallest absolute Gasteiger partial charge is 0.166 e. The van der Waals surface area contributed by atoms with E-state index in [1.165, 1.54) is 30.2 Å². The van der Waals surface area contributed by atoms with Crippen LogP contribution in [0.25, 0.3) is 10.8 Å². The van der Waals surface area contributed by atoms with Crippen molar-refractivity contribution in [2.75, 3.05) is 0 Å². The van der Waals surface area contributed by atoms with Gasteiger partial charge in [0.05, 0.1) is 0 Å². The van der Waals surface area contributed by atoms with E-state index in [2.05, 4.69) is 32.0 Å². The van der Waals surface area contributed by atoms with Gasteiger partial charge in [-0.2, -0.15) is 0 Å². The Labute approximate surface area is 121 Å². The molecule has 1 heteroatoms. The molecule has 0 N–H and O–H groups in total. The molecule has 3 rings (SSSR count). The summed E-state index contributed by atoms with van der Waals surface area (Å²) in [4.78, 5) is 12.9. The van der Waals surface area contributed by atoms with Gasteiger partial charge in [-0.25, -0.2) is 0 Å². The third-order valence-corrected chi connectivity index (χ3v) is 4.86. The molecule has 1 nitrogen and oxygen atoms in total. The van der Waals surface area contributed by atoms with E-state index < -0.39 is 0 Å². The fraction of sp³-hybridized carbons (Fsp3) is 0.421. The summed E-state index contributed by atoms with van der Waals surface area (Å²) in [6.45, 7) is 4.35. The molecule has 0 saturated heterocycles. The second-order valence-electron chi connectivity index (χ2n) is 6.21. The lowest BCUT2D eigenvalue weighted by molar-refractivity contribution is 0.0839. The van der Waals surface area contributed by atoms with E-state index in [-0.39, 0.29) is 5.92 Å². The van der Waals surface area contributed by atoms with Gasteiger partial charge in [0.25, 0.3) is 0 Å². The van der Waals surface area contributed by atoms with Crippen molar-refractivity contribution < 1.29 is 4.79 Å². The first-order valence-electron chi connectivity index (χ1n) is 7.71. The number of benzene rings is 2. The highest BCUT2D eigenvalue weighted by Crippen LogP contribution is 2.34. The van der Waals surface area contributed by atoms with E-state index in [0.29, 0.717) is 11.7 Å². The van der Waals surface area contributed by atoms with Gasteiger partial charge in [-0.05, 0) is 35.6 Å². The van der Waals surface area contributed by atoms with Crippen LogP contribution >= 0.6 is 0 Å². The molecule has 0 heterocycles. The molecule has 0 radical (unpaired) electrons. The topological polar surface area (TPSA) is 17.1 Å². The number of fused-ring (bicyclic) bond motifs is 1. The molecule has 0 spiro atoms. The SMILES string of the molecule is Cc1ccc(C(=O)C2CCCCC2C)c2ccccc12. The predicted octanol–water partition coefficient (Wildman–Crippen LogP) is 5.16. The van der Waals surface area contributed by atoms with Crippen molar-refractivity contribution in [2.24, 2.45) is 11.8 Å². The van der Waals surface area contributed by atoms with Crippen molar-refractivity contribution in [1.82, 2.24) is 0 Å². The van der Waals surface area contributed by atoms with Crippen LogP contribution in [0.5, 0.6) is 0 Å². The van der Waals surface area contributed by atoms with Gasteiger partial charge in [0.15, 0.2) is 5.78 Å². The lowest BCUT2D eigenvalue weighted by atomic mass is 9.76. The Bertz CT molecular complexity index is 641. The zero-order valence-corrected chi connectivity index (χ0v) is 12.4. The Hall–Kier alpha value is -1.63. The molecule has 0 aliphatic heterocycles. The van der Waals surface area contributed by atoms with E-state index in [1.54, 1.807) is 0 Å². The minimum atomic E-state index is 0.217. The minimum Gasteiger partial charge on any atom is -0.294 e. The zero-order chi connectivity index (χ0) is 14.1. The van der Waals surface area contributed by atoms with Gasteiger partial charge in [0.1, 0.15) is 0 Å². The van der Waals surface area contributed by atoms with Crippen LogP contribution in [-0.4, -0.2) is 5.78 Å². The normalized spacial score (nSPS) is 22.9. The Morgan fingerprint density at radius 3 is 2.45 bits per heavy atom. The number of hydrogen-bond acceptors (Lipinski definition) is 1. The van der Waals surface area contributed by atoms with Gasteiger partial charge in [-0.15, -0.1) is 0 Å². The highest BCUT2D eigenvalue weighted by molar-refractivity contribution is 6.09. The Morgan fingerprint density at radius 2 is 1.70 bits per heavy atom. The third kappa shape index (κ3) is 2.26. The first-order valence-corrected chi connectivity index (χ1v) is 7.71. The average molecular weight is 266 g/mol. The molecule has 1 fully saturated rings. The second-order valence-corrected chi connectivity index (χ2v) is 6.21. The van der Waals surface area contributed by atoms with E-state index in [1.807, 2.05) is 18.2 Å². The highest BCUT2D eigenvalue weighted by Gasteiger charge is 2.29. The van der Waals surface area contributed by atoms with Crippen molar-refractivity contribution in [2.45, 2.75) is 39.5 Å². The Morgan fingerprint density at radius 1 is 1.00 bits per heavy atom. The number of carbonyl (C=O) groups is 1. The van der Waals surface area contributed by atoms with Crippen LogP contribution in [0, 0.1) is 18.8 Å². The molecular formula is C19H22O. The quantitative estimate of drug-likeness (QED) is 0.686. The van der Waals surface area contributed by atoms with Crippen molar-refractivity contribution in [3.05, 3.63) is 47.5 Å². The summed E-state index contributed by atoms with van der Waals surface area (Å²) in [5.41, 5.74) is 2.17. The number of carbonyl (C=O) groups excluding carboxylic acids is 1. The molecule has 20 heavy (non-hydrogen) atoms. The number of hydrogen-bond donors (Lipinski definition) is 0. The standard InChI is InChI=1S/C19H22O/c1-13-7-3-4-9-16(13)19(20)18-12-11-14(2)15-8-5-6-10-17(15)18/h5-6,8,10-13,16H,3-4,7,9H2,1-2H3. The summed E-state index contributed by atoms with van der Waals surface area (Å²) in [5.74, 6) is 1.10. The molecule has 2 unspecified atom stereocenters. The molecule has 1 aliphatic carbocycles. The van der Waals surface area contributed by atoms with E-state index in [4.69, 9.17) is 0 Å². The minimum absolute atomic E-state index is 0.217. The summed E-state index contributed by atoms with van der Waals surface area (Å²) in [5, 5.41) is 2.33. The van der Waals surface area contributed by atoms with Crippen LogP contribution in [0.3, 0.4) is 0 Å². The molecule has 2 aromatic rings. The van der Waals surface area contributed by atoms with Crippen molar-refractivity contribution in [3.63, 3.8) is 0 Å². The lowest BCUT2D eigenvalue weighted by Crippen LogP contribution is -2.25. The van der Waals surface area contributed by atoms with E-state index in [9.17, 15) is 4.79 Å². The molecular weight excluding hydrogens is 244 g/mol. The van der Waals surface area contributed by atoms with Gasteiger partial charge in [0, 0.05) is 11.5 Å². The molecule has 0 bridgehead atoms. The van der Waals surface area contributed by atoms with Crippen LogP contribution in [-0.2, 0) is 0 Å². The van der Waals surface area contributed by atoms with Crippen LogP contribution < -0.4 is 0 Å². The maximum atomic E-state index is 12.9. The van der Waals surface area contributed by atoms with Gasteiger partial charge < -0.3 is 0 Å². The summed E-state index contributed by atoms with van der Waals surface area (Å²) < 4.78 is 0. The summed E-state index contributed by atoms with van der Waals surface area (Å²) in [6.07, 6.45) is 4.73. The fourth-order valence-corrected chi connectivity index (χ4v) is 3.57. The van der Waals surface area contributed by atoms with Crippen LogP contribution in [0.4, 0.5) is 0 Å². The third-order valence-electron chi connectivity index (χ3n) is 4.86. The highest BCUT2D eigenvalue weighted by atomic mass is 16.1. The van der Waals surface area contributed by atoms with Crippen molar-refractivity contribution in [1.29, 1.82) is 0 Å². The largest absolute Gasteiger partial charge is 0.294 e. The fourth-order valence-electron chi connectivity index (χ4n) is 3.57. The number of ketones is 1. The summed E-state index contributed by atoms with van der Waals surface area (Å²) in [6, 6.07) is 12.4. The Kier molecular flexibility index (Phi) is 3.60. The van der Waals surface area contributed by atoms with Crippen LogP contribution in [0.15, 0.2) is 36.4 Å². The monoisotopic (exact) mass is 266 g/mol. The first kappa shape index (κ1) is 13.4. The van der Waals surface area contributed by atoms with Crippen LogP contribution in [0.2, 0.25) is 0 Å². The molecule has 1 aliphatic rings. The zero-order valence-electron chi connectivity index (χ0n) is 12.4. The molecule has 0 aromatic heterocycles. The van der Waals surface area contributed by atoms with Crippen molar-refractivity contribution in [3.8, 4) is 0 Å². The Balaban J connectivity index is 2.06. The van der Waals surface area contributed by atoms with Crippen LogP contribution in [0.1, 0.15) is 48.5 Å². The predicted molar refractivity (Wildman–Crippen MR) is 84.1 cm³/mol. The number of Topliss-reactive ketones (excluding diaryl/α,β-unsaturated/α-hetero) is 1. The average Bonchev–Trinajstić information content (AvgIpc) is 2.48.